The van der Waals surface area contributed by atoms with Gasteiger partial charge in [0.05, 0.1) is 13.0 Å². The topological polar surface area (TPSA) is 49.8 Å². The van der Waals surface area contributed by atoms with E-state index < -0.39 is 5.97 Å². The van der Waals surface area contributed by atoms with Gasteiger partial charge in [-0.15, -0.1) is 0 Å². The van der Waals surface area contributed by atoms with Gasteiger partial charge in [-0.25, -0.2) is 0 Å². The second-order valence-corrected chi connectivity index (χ2v) is 5.63. The number of hydrogen-bond donors (Lipinski definition) is 1. The van der Waals surface area contributed by atoms with E-state index in [0.29, 0.717) is 6.61 Å². The highest BCUT2D eigenvalue weighted by molar-refractivity contribution is 5.68. The Morgan fingerprint density at radius 2 is 2.10 bits per heavy atom. The fourth-order valence-electron chi connectivity index (χ4n) is 2.88. The standard InChI is InChI=1S/C17H25NO3/c1-2-11-21-15-8-6-7-14(12-15)16(13-17(19)20)18-9-4-3-5-10-18/h6-8,12,16H,2-5,9-11,13H2,1H3,(H,19,20). The maximum Gasteiger partial charge on any atom is 0.305 e. The summed E-state index contributed by atoms with van der Waals surface area (Å²) in [6.07, 6.45) is 4.67. The first kappa shape index (κ1) is 15.8. The molecule has 1 aliphatic rings. The van der Waals surface area contributed by atoms with Crippen LogP contribution in [0.15, 0.2) is 24.3 Å². The van der Waals surface area contributed by atoms with Crippen LogP contribution in [0.25, 0.3) is 0 Å². The van der Waals surface area contributed by atoms with Gasteiger partial charge >= 0.3 is 5.97 Å². The van der Waals surface area contributed by atoms with Crippen molar-refractivity contribution in [3.05, 3.63) is 29.8 Å². The Morgan fingerprint density at radius 1 is 1.33 bits per heavy atom. The predicted octanol–water partition coefficient (Wildman–Crippen LogP) is 3.48. The lowest BCUT2D eigenvalue weighted by Gasteiger charge is -2.34. The smallest absolute Gasteiger partial charge is 0.305 e. The first-order valence-corrected chi connectivity index (χ1v) is 7.89. The van der Waals surface area contributed by atoms with Crippen molar-refractivity contribution >= 4 is 5.97 Å². The van der Waals surface area contributed by atoms with E-state index in [9.17, 15) is 9.90 Å². The van der Waals surface area contributed by atoms with Crippen molar-refractivity contribution in [1.29, 1.82) is 0 Å². The minimum Gasteiger partial charge on any atom is -0.494 e. The van der Waals surface area contributed by atoms with Crippen LogP contribution < -0.4 is 4.74 Å². The van der Waals surface area contributed by atoms with E-state index >= 15 is 0 Å². The molecule has 0 aromatic heterocycles. The van der Waals surface area contributed by atoms with E-state index in [1.807, 2.05) is 24.3 Å². The van der Waals surface area contributed by atoms with Crippen LogP contribution in [0.2, 0.25) is 0 Å². The normalized spacial score (nSPS) is 17.4. The number of carboxylic acid groups (broad SMARTS) is 1. The lowest BCUT2D eigenvalue weighted by Crippen LogP contribution is -2.35. The van der Waals surface area contributed by atoms with E-state index in [0.717, 1.165) is 43.7 Å². The van der Waals surface area contributed by atoms with Crippen molar-refractivity contribution in [2.24, 2.45) is 0 Å². The molecule has 0 saturated carbocycles. The van der Waals surface area contributed by atoms with Crippen LogP contribution in [-0.2, 0) is 4.79 Å². The molecule has 21 heavy (non-hydrogen) atoms. The van der Waals surface area contributed by atoms with Crippen LogP contribution in [0.3, 0.4) is 0 Å². The number of aliphatic carboxylic acids is 1. The van der Waals surface area contributed by atoms with Gasteiger partial charge in [0.1, 0.15) is 5.75 Å². The maximum atomic E-state index is 11.2. The van der Waals surface area contributed by atoms with Crippen LogP contribution >= 0.6 is 0 Å². The minimum atomic E-state index is -0.745. The van der Waals surface area contributed by atoms with Gasteiger partial charge in [-0.3, -0.25) is 9.69 Å². The molecular formula is C17H25NO3. The molecule has 1 atom stereocenters. The Morgan fingerprint density at radius 3 is 2.76 bits per heavy atom. The van der Waals surface area contributed by atoms with Gasteiger partial charge in [0.15, 0.2) is 0 Å². The third-order valence-corrected chi connectivity index (χ3v) is 3.92. The number of carboxylic acids is 1. The summed E-state index contributed by atoms with van der Waals surface area (Å²) in [6.45, 7) is 4.73. The summed E-state index contributed by atoms with van der Waals surface area (Å²) in [5, 5.41) is 9.23. The van der Waals surface area contributed by atoms with Gasteiger partial charge in [0.2, 0.25) is 0 Å². The summed E-state index contributed by atoms with van der Waals surface area (Å²) in [5.41, 5.74) is 1.05. The third-order valence-electron chi connectivity index (χ3n) is 3.92. The first-order chi connectivity index (χ1) is 10.2. The predicted molar refractivity (Wildman–Crippen MR) is 82.6 cm³/mol. The molecule has 1 heterocycles. The van der Waals surface area contributed by atoms with Gasteiger partial charge in [-0.1, -0.05) is 25.5 Å². The molecule has 4 nitrogen and oxygen atoms in total. The van der Waals surface area contributed by atoms with Crippen molar-refractivity contribution in [2.45, 2.75) is 45.1 Å². The molecule has 1 aromatic carbocycles. The Balaban J connectivity index is 2.16. The summed E-state index contributed by atoms with van der Waals surface area (Å²) in [7, 11) is 0. The number of rotatable bonds is 7. The fraction of sp³-hybridized carbons (Fsp3) is 0.588. The largest absolute Gasteiger partial charge is 0.494 e. The molecule has 0 spiro atoms. The highest BCUT2D eigenvalue weighted by Crippen LogP contribution is 2.29. The average Bonchev–Trinajstić information content (AvgIpc) is 2.51. The molecule has 1 aromatic rings. The second-order valence-electron chi connectivity index (χ2n) is 5.63. The molecule has 1 N–H and O–H groups in total. The van der Waals surface area contributed by atoms with Gasteiger partial charge in [-0.05, 0) is 50.0 Å². The number of carbonyl (C=O) groups is 1. The van der Waals surface area contributed by atoms with E-state index in [4.69, 9.17) is 4.74 Å². The monoisotopic (exact) mass is 291 g/mol. The van der Waals surface area contributed by atoms with Crippen LogP contribution in [0.5, 0.6) is 5.75 Å². The van der Waals surface area contributed by atoms with Gasteiger partial charge in [0, 0.05) is 6.04 Å². The lowest BCUT2D eigenvalue weighted by atomic mass is 9.99. The zero-order chi connectivity index (χ0) is 15.1. The van der Waals surface area contributed by atoms with Crippen molar-refractivity contribution < 1.29 is 14.6 Å². The number of likely N-dealkylation sites (tertiary alicyclic amines) is 1. The van der Waals surface area contributed by atoms with E-state index in [1.165, 1.54) is 6.42 Å². The number of hydrogen-bond acceptors (Lipinski definition) is 3. The average molecular weight is 291 g/mol. The Labute approximate surface area is 126 Å². The molecule has 2 rings (SSSR count). The SMILES string of the molecule is CCCOc1cccc(C(CC(=O)O)N2CCCCC2)c1. The summed E-state index contributed by atoms with van der Waals surface area (Å²) in [5.74, 6) is 0.0900. The molecule has 0 radical (unpaired) electrons. The van der Waals surface area contributed by atoms with Crippen molar-refractivity contribution in [1.82, 2.24) is 4.90 Å². The van der Waals surface area contributed by atoms with Gasteiger partial charge in [-0.2, -0.15) is 0 Å². The molecule has 1 aliphatic heterocycles. The van der Waals surface area contributed by atoms with Crippen LogP contribution in [0, 0.1) is 0 Å². The Hall–Kier alpha value is -1.55. The Kier molecular flexibility index (Phi) is 6.05. The summed E-state index contributed by atoms with van der Waals surface area (Å²) in [4.78, 5) is 13.5. The lowest BCUT2D eigenvalue weighted by molar-refractivity contribution is -0.138. The maximum absolute atomic E-state index is 11.2. The number of benzene rings is 1. The van der Waals surface area contributed by atoms with E-state index in [2.05, 4.69) is 11.8 Å². The zero-order valence-corrected chi connectivity index (χ0v) is 12.8. The van der Waals surface area contributed by atoms with E-state index in [-0.39, 0.29) is 12.5 Å². The van der Waals surface area contributed by atoms with Crippen molar-refractivity contribution in [3.63, 3.8) is 0 Å². The van der Waals surface area contributed by atoms with Crippen LogP contribution in [0.4, 0.5) is 0 Å². The van der Waals surface area contributed by atoms with Gasteiger partial charge < -0.3 is 9.84 Å². The van der Waals surface area contributed by atoms with Gasteiger partial charge in [0.25, 0.3) is 0 Å². The summed E-state index contributed by atoms with van der Waals surface area (Å²) >= 11 is 0. The van der Waals surface area contributed by atoms with Crippen molar-refractivity contribution in [3.8, 4) is 5.75 Å². The molecule has 1 saturated heterocycles. The molecule has 4 heteroatoms. The Bertz CT molecular complexity index is 455. The first-order valence-electron chi connectivity index (χ1n) is 7.89. The summed E-state index contributed by atoms with van der Waals surface area (Å²) in [6, 6.07) is 7.86. The van der Waals surface area contributed by atoms with E-state index in [1.54, 1.807) is 0 Å². The quantitative estimate of drug-likeness (QED) is 0.835. The molecule has 116 valence electrons. The van der Waals surface area contributed by atoms with Crippen LogP contribution in [0.1, 0.15) is 50.6 Å². The molecule has 1 fully saturated rings. The third kappa shape index (κ3) is 4.74. The molecule has 0 aliphatic carbocycles. The molecule has 0 amide bonds. The molecular weight excluding hydrogens is 266 g/mol. The second kappa shape index (κ2) is 8.03. The van der Waals surface area contributed by atoms with Crippen molar-refractivity contribution in [2.75, 3.05) is 19.7 Å². The highest BCUT2D eigenvalue weighted by Gasteiger charge is 2.24. The molecule has 1 unspecified atom stereocenters. The number of ether oxygens (including phenoxy) is 1. The number of piperidine rings is 1. The minimum absolute atomic E-state index is 0.0482. The molecule has 0 bridgehead atoms. The zero-order valence-electron chi connectivity index (χ0n) is 12.8. The fourth-order valence-corrected chi connectivity index (χ4v) is 2.88. The highest BCUT2D eigenvalue weighted by atomic mass is 16.5. The van der Waals surface area contributed by atoms with Crippen LogP contribution in [-0.4, -0.2) is 35.7 Å². The number of nitrogens with zero attached hydrogens (tertiary/aromatic N) is 1. The summed E-state index contributed by atoms with van der Waals surface area (Å²) < 4.78 is 5.67.